The molecule has 0 aromatic heterocycles. The highest BCUT2D eigenvalue weighted by molar-refractivity contribution is 6.46. The van der Waals surface area contributed by atoms with E-state index in [2.05, 4.69) is 13.8 Å². The molecule has 38 heavy (non-hydrogen) atoms. The van der Waals surface area contributed by atoms with E-state index in [0.29, 0.717) is 60.5 Å². The molecule has 0 spiro atoms. The Labute approximate surface area is 225 Å². The van der Waals surface area contributed by atoms with E-state index < -0.39 is 17.7 Å². The van der Waals surface area contributed by atoms with Crippen molar-refractivity contribution in [3.63, 3.8) is 0 Å². The monoisotopic (exact) mass is 524 g/mol. The van der Waals surface area contributed by atoms with E-state index in [9.17, 15) is 14.7 Å². The molecule has 1 N–H and O–H groups in total. The van der Waals surface area contributed by atoms with Crippen LogP contribution in [0.5, 0.6) is 17.2 Å². The lowest BCUT2D eigenvalue weighted by atomic mass is 9.94. The molecule has 2 aromatic rings. The van der Waals surface area contributed by atoms with E-state index in [0.717, 1.165) is 12.1 Å². The third kappa shape index (κ3) is 6.48. The second-order valence-corrected chi connectivity index (χ2v) is 10.2. The predicted octanol–water partition coefficient (Wildman–Crippen LogP) is 4.81. The van der Waals surface area contributed by atoms with Crippen molar-refractivity contribution in [1.29, 1.82) is 0 Å². The summed E-state index contributed by atoms with van der Waals surface area (Å²) < 4.78 is 17.1. The van der Waals surface area contributed by atoms with Gasteiger partial charge >= 0.3 is 0 Å². The summed E-state index contributed by atoms with van der Waals surface area (Å²) in [6, 6.07) is 9.86. The Hall–Kier alpha value is -3.52. The number of Topliss-reactive ketones (excluding diaryl/α,β-unsaturated/α-hetero) is 1. The number of carbonyl (C=O) groups is 2. The van der Waals surface area contributed by atoms with Crippen LogP contribution in [0.1, 0.15) is 49.9 Å². The Balaban J connectivity index is 2.10. The Kier molecular flexibility index (Phi) is 9.80. The molecule has 1 heterocycles. The molecular formula is C30H40N2O6. The van der Waals surface area contributed by atoms with Crippen LogP contribution >= 0.6 is 0 Å². The Bertz CT molecular complexity index is 1190. The molecule has 0 unspecified atom stereocenters. The van der Waals surface area contributed by atoms with Gasteiger partial charge in [0.2, 0.25) is 0 Å². The second kappa shape index (κ2) is 12.8. The standard InChI is InChI=1S/C30H40N2O6/c1-8-37-24-13-10-21(17-25(24)36-7)27-26(29(34)30(35)32(27)15-9-14-31(5)6)28(33)22-11-12-23(20(4)16-22)38-18-19(2)3/h10-13,16-17,19,27,33H,8-9,14-15,18H2,1-7H3/b28-26+/t27-/m1/s1. The van der Waals surface area contributed by atoms with Gasteiger partial charge in [-0.1, -0.05) is 19.9 Å². The van der Waals surface area contributed by atoms with Gasteiger partial charge in [-0.05, 0) is 88.3 Å². The van der Waals surface area contributed by atoms with Crippen molar-refractivity contribution in [2.24, 2.45) is 5.92 Å². The summed E-state index contributed by atoms with van der Waals surface area (Å²) in [6.45, 7) is 10.1. The quantitative estimate of drug-likeness (QED) is 0.242. The summed E-state index contributed by atoms with van der Waals surface area (Å²) in [4.78, 5) is 30.2. The number of carbonyl (C=O) groups excluding carboxylic acids is 2. The molecule has 206 valence electrons. The first-order chi connectivity index (χ1) is 18.1. The fourth-order valence-electron chi connectivity index (χ4n) is 4.51. The van der Waals surface area contributed by atoms with Crippen LogP contribution in [0.3, 0.4) is 0 Å². The zero-order valence-electron chi connectivity index (χ0n) is 23.5. The zero-order valence-corrected chi connectivity index (χ0v) is 23.5. The summed E-state index contributed by atoms with van der Waals surface area (Å²) in [5, 5.41) is 11.4. The largest absolute Gasteiger partial charge is 0.507 e. The average Bonchev–Trinajstić information content (AvgIpc) is 3.12. The van der Waals surface area contributed by atoms with Crippen LogP contribution in [0.4, 0.5) is 0 Å². The van der Waals surface area contributed by atoms with Gasteiger partial charge in [0, 0.05) is 12.1 Å². The van der Waals surface area contributed by atoms with Gasteiger partial charge in [-0.25, -0.2) is 0 Å². The highest BCUT2D eigenvalue weighted by Crippen LogP contribution is 2.42. The van der Waals surface area contributed by atoms with Gasteiger partial charge in [0.1, 0.15) is 11.5 Å². The van der Waals surface area contributed by atoms with Crippen molar-refractivity contribution >= 4 is 17.4 Å². The number of amides is 1. The summed E-state index contributed by atoms with van der Waals surface area (Å²) in [5.41, 5.74) is 1.99. The molecule has 0 aliphatic carbocycles. The van der Waals surface area contributed by atoms with Crippen LogP contribution in [-0.2, 0) is 9.59 Å². The molecule has 1 aliphatic heterocycles. The predicted molar refractivity (Wildman–Crippen MR) is 148 cm³/mol. The molecule has 2 aromatic carbocycles. The number of aliphatic hydroxyl groups excluding tert-OH is 1. The van der Waals surface area contributed by atoms with Crippen molar-refractivity contribution in [3.8, 4) is 17.2 Å². The minimum Gasteiger partial charge on any atom is -0.507 e. The van der Waals surface area contributed by atoms with E-state index in [1.54, 1.807) is 42.3 Å². The van der Waals surface area contributed by atoms with Crippen molar-refractivity contribution in [3.05, 3.63) is 58.7 Å². The number of nitrogens with zero attached hydrogens (tertiary/aromatic N) is 2. The molecule has 1 fully saturated rings. The first-order valence-corrected chi connectivity index (χ1v) is 13.1. The lowest BCUT2D eigenvalue weighted by molar-refractivity contribution is -0.139. The van der Waals surface area contributed by atoms with Crippen LogP contribution in [0.25, 0.3) is 5.76 Å². The second-order valence-electron chi connectivity index (χ2n) is 10.2. The molecular weight excluding hydrogens is 484 g/mol. The van der Waals surface area contributed by atoms with Gasteiger partial charge in [-0.3, -0.25) is 9.59 Å². The number of rotatable bonds is 12. The zero-order chi connectivity index (χ0) is 28.0. The molecule has 1 aliphatic rings. The SMILES string of the molecule is CCOc1ccc([C@@H]2/C(=C(\O)c3ccc(OCC(C)C)c(C)c3)C(=O)C(=O)N2CCCN(C)C)cc1OC. The summed E-state index contributed by atoms with van der Waals surface area (Å²) in [5.74, 6) is 0.598. The molecule has 1 amide bonds. The van der Waals surface area contributed by atoms with E-state index in [-0.39, 0.29) is 11.3 Å². The normalized spacial score (nSPS) is 17.0. The molecule has 0 radical (unpaired) electrons. The summed E-state index contributed by atoms with van der Waals surface area (Å²) in [6.07, 6.45) is 0.672. The van der Waals surface area contributed by atoms with E-state index in [1.165, 1.54) is 0 Å². The fraction of sp³-hybridized carbons (Fsp3) is 0.467. The smallest absolute Gasteiger partial charge is 0.295 e. The maximum Gasteiger partial charge on any atom is 0.295 e. The van der Waals surface area contributed by atoms with Gasteiger partial charge in [-0.15, -0.1) is 0 Å². The summed E-state index contributed by atoms with van der Waals surface area (Å²) >= 11 is 0. The number of ketones is 1. The maximum atomic E-state index is 13.4. The van der Waals surface area contributed by atoms with E-state index in [4.69, 9.17) is 14.2 Å². The minimum atomic E-state index is -0.765. The van der Waals surface area contributed by atoms with Crippen LogP contribution in [0.15, 0.2) is 42.0 Å². The minimum absolute atomic E-state index is 0.0568. The van der Waals surface area contributed by atoms with Crippen LogP contribution < -0.4 is 14.2 Å². The van der Waals surface area contributed by atoms with Gasteiger partial charge in [-0.2, -0.15) is 0 Å². The highest BCUT2D eigenvalue weighted by atomic mass is 16.5. The first-order valence-electron chi connectivity index (χ1n) is 13.1. The van der Waals surface area contributed by atoms with Crippen LogP contribution in [0.2, 0.25) is 0 Å². The molecule has 8 heteroatoms. The average molecular weight is 525 g/mol. The Morgan fingerprint density at radius 1 is 1.05 bits per heavy atom. The number of methoxy groups -OCH3 is 1. The molecule has 8 nitrogen and oxygen atoms in total. The van der Waals surface area contributed by atoms with E-state index >= 15 is 0 Å². The first kappa shape index (κ1) is 29.0. The third-order valence-corrected chi connectivity index (χ3v) is 6.37. The van der Waals surface area contributed by atoms with Gasteiger partial charge in [0.05, 0.1) is 31.9 Å². The third-order valence-electron chi connectivity index (χ3n) is 6.37. The lowest BCUT2D eigenvalue weighted by Gasteiger charge is -2.26. The lowest BCUT2D eigenvalue weighted by Crippen LogP contribution is -2.32. The molecule has 3 rings (SSSR count). The van der Waals surface area contributed by atoms with Crippen LogP contribution in [-0.4, -0.2) is 74.1 Å². The summed E-state index contributed by atoms with van der Waals surface area (Å²) in [7, 11) is 5.46. The number of likely N-dealkylation sites (tertiary alicyclic amines) is 1. The van der Waals surface area contributed by atoms with Gasteiger partial charge < -0.3 is 29.1 Å². The Morgan fingerprint density at radius 2 is 1.76 bits per heavy atom. The molecule has 1 saturated heterocycles. The molecule has 0 saturated carbocycles. The maximum absolute atomic E-state index is 13.4. The number of aliphatic hydroxyl groups is 1. The highest BCUT2D eigenvalue weighted by Gasteiger charge is 2.46. The number of ether oxygens (including phenoxy) is 3. The van der Waals surface area contributed by atoms with Crippen molar-refractivity contribution < 1.29 is 28.9 Å². The van der Waals surface area contributed by atoms with Crippen molar-refractivity contribution in [2.75, 3.05) is 47.5 Å². The van der Waals surface area contributed by atoms with Gasteiger partial charge in [0.15, 0.2) is 11.5 Å². The van der Waals surface area contributed by atoms with Crippen molar-refractivity contribution in [2.45, 2.75) is 40.2 Å². The number of benzene rings is 2. The number of hydrogen-bond acceptors (Lipinski definition) is 7. The molecule has 0 bridgehead atoms. The number of hydrogen-bond donors (Lipinski definition) is 1. The van der Waals surface area contributed by atoms with Crippen molar-refractivity contribution in [1.82, 2.24) is 9.80 Å². The fourth-order valence-corrected chi connectivity index (χ4v) is 4.51. The number of aryl methyl sites for hydroxylation is 1. The Morgan fingerprint density at radius 3 is 2.37 bits per heavy atom. The molecule has 1 atom stereocenters. The van der Waals surface area contributed by atoms with E-state index in [1.807, 2.05) is 38.9 Å². The van der Waals surface area contributed by atoms with Gasteiger partial charge in [0.25, 0.3) is 11.7 Å². The van der Waals surface area contributed by atoms with Crippen LogP contribution in [0, 0.1) is 12.8 Å². The topological polar surface area (TPSA) is 88.5 Å².